The number of rotatable bonds is 1. The van der Waals surface area contributed by atoms with Crippen LogP contribution in [-0.4, -0.2) is 17.6 Å². The Morgan fingerprint density at radius 2 is 2.27 bits per heavy atom. The molecule has 1 aromatic heterocycles. The van der Waals surface area contributed by atoms with Crippen LogP contribution in [0.2, 0.25) is 0 Å². The zero-order chi connectivity index (χ0) is 10.1. The van der Waals surface area contributed by atoms with Crippen LogP contribution in [-0.2, 0) is 0 Å². The highest BCUT2D eigenvalue weighted by Crippen LogP contribution is 2.41. The zero-order valence-corrected chi connectivity index (χ0v) is 9.02. The van der Waals surface area contributed by atoms with E-state index in [0.717, 1.165) is 17.9 Å². The van der Waals surface area contributed by atoms with Crippen molar-refractivity contribution in [1.82, 2.24) is 10.3 Å². The Balaban J connectivity index is 1.81. The number of hydrogen-bond acceptors (Lipinski definition) is 2. The topological polar surface area (TPSA) is 24.9 Å². The molecular formula is C13H18N2. The molecule has 3 atom stereocenters. The lowest BCUT2D eigenvalue weighted by Crippen LogP contribution is -2.43. The zero-order valence-electron chi connectivity index (χ0n) is 9.02. The van der Waals surface area contributed by atoms with Crippen molar-refractivity contribution < 1.29 is 0 Å². The van der Waals surface area contributed by atoms with Crippen molar-refractivity contribution in [2.24, 2.45) is 5.92 Å². The molecule has 1 aliphatic heterocycles. The fraction of sp³-hybridized carbons (Fsp3) is 0.615. The second kappa shape index (κ2) is 3.93. The maximum Gasteiger partial charge on any atom is 0.0302 e. The van der Waals surface area contributed by atoms with Crippen LogP contribution in [0.5, 0.6) is 0 Å². The fourth-order valence-electron chi connectivity index (χ4n) is 3.28. The second-order valence-corrected chi connectivity index (χ2v) is 4.91. The van der Waals surface area contributed by atoms with Crippen molar-refractivity contribution >= 4 is 0 Å². The standard InChI is InChI=1S/C13H18N2/c1-2-11(9-14-6-1)13-4-3-12-8-10(13)5-7-15-12/h1-2,6,9-10,12-13,15H,3-5,7-8H2. The third kappa shape index (κ3) is 1.78. The first kappa shape index (κ1) is 9.34. The lowest BCUT2D eigenvalue weighted by Gasteiger charge is -2.41. The van der Waals surface area contributed by atoms with Gasteiger partial charge < -0.3 is 5.32 Å². The smallest absolute Gasteiger partial charge is 0.0302 e. The van der Waals surface area contributed by atoms with E-state index in [9.17, 15) is 0 Å². The number of pyridine rings is 1. The van der Waals surface area contributed by atoms with Gasteiger partial charge >= 0.3 is 0 Å². The average molecular weight is 202 g/mol. The first-order valence-corrected chi connectivity index (χ1v) is 6.07. The van der Waals surface area contributed by atoms with Crippen molar-refractivity contribution in [3.8, 4) is 0 Å². The highest BCUT2D eigenvalue weighted by Gasteiger charge is 2.33. The van der Waals surface area contributed by atoms with E-state index in [4.69, 9.17) is 0 Å². The molecule has 80 valence electrons. The van der Waals surface area contributed by atoms with Gasteiger partial charge in [-0.05, 0) is 55.7 Å². The minimum Gasteiger partial charge on any atom is -0.314 e. The lowest BCUT2D eigenvalue weighted by atomic mass is 9.71. The molecule has 0 spiro atoms. The maximum atomic E-state index is 4.25. The Bertz CT molecular complexity index is 323. The molecule has 1 aromatic rings. The van der Waals surface area contributed by atoms with Crippen LogP contribution in [0.4, 0.5) is 0 Å². The summed E-state index contributed by atoms with van der Waals surface area (Å²) in [5.74, 6) is 1.67. The molecule has 2 bridgehead atoms. The summed E-state index contributed by atoms with van der Waals surface area (Å²) in [6, 6.07) is 5.12. The molecule has 2 nitrogen and oxygen atoms in total. The molecule has 0 aromatic carbocycles. The van der Waals surface area contributed by atoms with E-state index in [1.54, 1.807) is 0 Å². The van der Waals surface area contributed by atoms with Crippen molar-refractivity contribution in [3.63, 3.8) is 0 Å². The third-order valence-electron chi connectivity index (χ3n) is 4.04. The normalized spacial score (nSPS) is 35.1. The van der Waals surface area contributed by atoms with Gasteiger partial charge in [-0.1, -0.05) is 6.07 Å². The molecule has 2 heterocycles. The third-order valence-corrected chi connectivity index (χ3v) is 4.04. The van der Waals surface area contributed by atoms with E-state index in [2.05, 4.69) is 28.6 Å². The first-order valence-electron chi connectivity index (χ1n) is 6.07. The summed E-state index contributed by atoms with van der Waals surface area (Å²) in [5, 5.41) is 3.61. The van der Waals surface area contributed by atoms with Crippen LogP contribution < -0.4 is 5.32 Å². The maximum absolute atomic E-state index is 4.25. The van der Waals surface area contributed by atoms with E-state index >= 15 is 0 Å². The van der Waals surface area contributed by atoms with Crippen LogP contribution in [0.3, 0.4) is 0 Å². The van der Waals surface area contributed by atoms with Crippen molar-refractivity contribution in [3.05, 3.63) is 30.1 Å². The number of piperidine rings is 1. The molecule has 1 aliphatic carbocycles. The van der Waals surface area contributed by atoms with Crippen LogP contribution >= 0.6 is 0 Å². The SMILES string of the molecule is c1cncc(C2CCC3CC2CCN3)c1. The number of nitrogens with one attached hydrogen (secondary N) is 1. The van der Waals surface area contributed by atoms with Crippen LogP contribution in [0.25, 0.3) is 0 Å². The number of nitrogens with zero attached hydrogens (tertiary/aromatic N) is 1. The predicted octanol–water partition coefficient (Wildman–Crippen LogP) is 2.33. The monoisotopic (exact) mass is 202 g/mol. The Kier molecular flexibility index (Phi) is 2.45. The number of fused-ring (bicyclic) bond motifs is 2. The van der Waals surface area contributed by atoms with Gasteiger partial charge in [0, 0.05) is 18.4 Å². The van der Waals surface area contributed by atoms with E-state index < -0.39 is 0 Å². The molecule has 0 amide bonds. The Labute approximate surface area is 91.1 Å². The van der Waals surface area contributed by atoms with Gasteiger partial charge in [0.05, 0.1) is 0 Å². The second-order valence-electron chi connectivity index (χ2n) is 4.91. The Hall–Kier alpha value is -0.890. The molecule has 15 heavy (non-hydrogen) atoms. The molecule has 1 N–H and O–H groups in total. The van der Waals surface area contributed by atoms with Gasteiger partial charge in [-0.15, -0.1) is 0 Å². The lowest BCUT2D eigenvalue weighted by molar-refractivity contribution is 0.194. The van der Waals surface area contributed by atoms with Crippen LogP contribution in [0.15, 0.2) is 24.5 Å². The first-order chi connectivity index (χ1) is 7.43. The van der Waals surface area contributed by atoms with Crippen molar-refractivity contribution in [2.45, 2.75) is 37.6 Å². The Morgan fingerprint density at radius 3 is 3.13 bits per heavy atom. The summed E-state index contributed by atoms with van der Waals surface area (Å²) in [5.41, 5.74) is 1.46. The minimum atomic E-state index is 0.775. The largest absolute Gasteiger partial charge is 0.314 e. The van der Waals surface area contributed by atoms with Crippen LogP contribution in [0.1, 0.15) is 37.2 Å². The Morgan fingerprint density at radius 1 is 1.27 bits per heavy atom. The van der Waals surface area contributed by atoms with Crippen molar-refractivity contribution in [1.29, 1.82) is 0 Å². The van der Waals surface area contributed by atoms with Gasteiger partial charge in [-0.3, -0.25) is 4.98 Å². The van der Waals surface area contributed by atoms with E-state index in [-0.39, 0.29) is 0 Å². The summed E-state index contributed by atoms with van der Waals surface area (Å²) in [6.45, 7) is 1.21. The predicted molar refractivity (Wildman–Crippen MR) is 60.7 cm³/mol. The summed E-state index contributed by atoms with van der Waals surface area (Å²) in [4.78, 5) is 4.25. The highest BCUT2D eigenvalue weighted by molar-refractivity contribution is 5.17. The highest BCUT2D eigenvalue weighted by atomic mass is 14.9. The van der Waals surface area contributed by atoms with Gasteiger partial charge in [0.15, 0.2) is 0 Å². The molecule has 2 aliphatic rings. The molecule has 3 rings (SSSR count). The van der Waals surface area contributed by atoms with Crippen LogP contribution in [0, 0.1) is 5.92 Å². The minimum absolute atomic E-state index is 0.775. The number of hydrogen-bond donors (Lipinski definition) is 1. The molecule has 1 saturated carbocycles. The van der Waals surface area contributed by atoms with Gasteiger partial charge in [-0.2, -0.15) is 0 Å². The molecule has 3 unspecified atom stereocenters. The van der Waals surface area contributed by atoms with Gasteiger partial charge in [0.1, 0.15) is 0 Å². The summed E-state index contributed by atoms with van der Waals surface area (Å²) in [7, 11) is 0. The van der Waals surface area contributed by atoms with E-state index in [1.807, 2.05) is 6.20 Å². The summed E-state index contributed by atoms with van der Waals surface area (Å²) < 4.78 is 0. The molecule has 2 heteroatoms. The van der Waals surface area contributed by atoms with Gasteiger partial charge in [0.2, 0.25) is 0 Å². The quantitative estimate of drug-likeness (QED) is 0.756. The molecular weight excluding hydrogens is 184 g/mol. The summed E-state index contributed by atoms with van der Waals surface area (Å²) in [6.07, 6.45) is 9.34. The number of aromatic nitrogens is 1. The molecule has 2 fully saturated rings. The fourth-order valence-corrected chi connectivity index (χ4v) is 3.28. The van der Waals surface area contributed by atoms with Gasteiger partial charge in [0.25, 0.3) is 0 Å². The molecule has 1 saturated heterocycles. The summed E-state index contributed by atoms with van der Waals surface area (Å²) >= 11 is 0. The average Bonchev–Trinajstić information content (AvgIpc) is 2.31. The van der Waals surface area contributed by atoms with E-state index in [0.29, 0.717) is 0 Å². The molecule has 0 radical (unpaired) electrons. The van der Waals surface area contributed by atoms with Crippen molar-refractivity contribution in [2.75, 3.05) is 6.54 Å². The van der Waals surface area contributed by atoms with E-state index in [1.165, 1.54) is 37.8 Å². The van der Waals surface area contributed by atoms with Gasteiger partial charge in [-0.25, -0.2) is 0 Å².